The van der Waals surface area contributed by atoms with E-state index in [1.54, 1.807) is 6.92 Å². The van der Waals surface area contributed by atoms with E-state index in [0.717, 1.165) is 9.13 Å². The number of halogens is 1. The molecule has 0 aliphatic carbocycles. The van der Waals surface area contributed by atoms with E-state index in [1.807, 2.05) is 24.3 Å². The van der Waals surface area contributed by atoms with Gasteiger partial charge in [0, 0.05) is 3.57 Å². The SMILES string of the molecule is CC(CCN)S(=O)(=O)Cc1ccc(I)cc1. The molecule has 0 fully saturated rings. The van der Waals surface area contributed by atoms with Crippen LogP contribution in [0.5, 0.6) is 0 Å². The van der Waals surface area contributed by atoms with E-state index in [2.05, 4.69) is 22.6 Å². The largest absolute Gasteiger partial charge is 0.330 e. The van der Waals surface area contributed by atoms with Crippen molar-refractivity contribution in [1.29, 1.82) is 0 Å². The molecular formula is C11H16INO2S. The van der Waals surface area contributed by atoms with Crippen LogP contribution in [0.4, 0.5) is 0 Å². The first-order chi connectivity index (χ1) is 7.45. The summed E-state index contributed by atoms with van der Waals surface area (Å²) in [5.41, 5.74) is 6.21. The summed E-state index contributed by atoms with van der Waals surface area (Å²) < 4.78 is 24.9. The van der Waals surface area contributed by atoms with Crippen LogP contribution in [0.1, 0.15) is 18.9 Å². The van der Waals surface area contributed by atoms with Crippen LogP contribution in [-0.4, -0.2) is 20.2 Å². The number of hydrogen-bond acceptors (Lipinski definition) is 3. The molecule has 0 heterocycles. The Labute approximate surface area is 110 Å². The smallest absolute Gasteiger partial charge is 0.157 e. The second-order valence-corrected chi connectivity index (χ2v) is 7.49. The molecule has 1 atom stereocenters. The third-order valence-corrected chi connectivity index (χ3v) is 5.38. The molecule has 3 nitrogen and oxygen atoms in total. The first-order valence-corrected chi connectivity index (χ1v) is 7.91. The van der Waals surface area contributed by atoms with Crippen LogP contribution >= 0.6 is 22.6 Å². The summed E-state index contributed by atoms with van der Waals surface area (Å²) in [5, 5.41) is -0.364. The molecule has 0 spiro atoms. The van der Waals surface area contributed by atoms with Crippen molar-refractivity contribution in [3.8, 4) is 0 Å². The molecule has 0 saturated carbocycles. The first kappa shape index (κ1) is 13.9. The van der Waals surface area contributed by atoms with Crippen molar-refractivity contribution in [3.63, 3.8) is 0 Å². The van der Waals surface area contributed by atoms with E-state index in [1.165, 1.54) is 0 Å². The Morgan fingerprint density at radius 1 is 1.31 bits per heavy atom. The fourth-order valence-corrected chi connectivity index (χ4v) is 3.17. The first-order valence-electron chi connectivity index (χ1n) is 5.12. The molecule has 90 valence electrons. The Morgan fingerprint density at radius 3 is 2.38 bits per heavy atom. The number of nitrogens with two attached hydrogens (primary N) is 1. The molecule has 0 aliphatic heterocycles. The Hall–Kier alpha value is -0.140. The second kappa shape index (κ2) is 5.97. The van der Waals surface area contributed by atoms with E-state index in [-0.39, 0.29) is 11.0 Å². The number of sulfone groups is 1. The summed E-state index contributed by atoms with van der Waals surface area (Å²) in [6.07, 6.45) is 0.521. The maximum atomic E-state index is 11.9. The predicted molar refractivity (Wildman–Crippen MR) is 74.9 cm³/mol. The van der Waals surface area contributed by atoms with Crippen molar-refractivity contribution in [1.82, 2.24) is 0 Å². The lowest BCUT2D eigenvalue weighted by molar-refractivity contribution is 0.577. The summed E-state index contributed by atoms with van der Waals surface area (Å²) in [4.78, 5) is 0. The molecule has 0 bridgehead atoms. The maximum absolute atomic E-state index is 11.9. The highest BCUT2D eigenvalue weighted by Gasteiger charge is 2.20. The van der Waals surface area contributed by atoms with Crippen LogP contribution in [-0.2, 0) is 15.6 Å². The van der Waals surface area contributed by atoms with E-state index < -0.39 is 9.84 Å². The average molecular weight is 353 g/mol. The van der Waals surface area contributed by atoms with Crippen LogP contribution in [0.2, 0.25) is 0 Å². The van der Waals surface area contributed by atoms with Gasteiger partial charge < -0.3 is 5.73 Å². The summed E-state index contributed by atoms with van der Waals surface area (Å²) in [6, 6.07) is 7.54. The van der Waals surface area contributed by atoms with Gasteiger partial charge in [0.25, 0.3) is 0 Å². The summed E-state index contributed by atoms with van der Waals surface area (Å²) in [6.45, 7) is 2.13. The van der Waals surface area contributed by atoms with Crippen molar-refractivity contribution < 1.29 is 8.42 Å². The molecule has 0 saturated heterocycles. The molecule has 2 N–H and O–H groups in total. The molecule has 1 unspecified atom stereocenters. The molecule has 0 amide bonds. The fraction of sp³-hybridized carbons (Fsp3) is 0.455. The summed E-state index contributed by atoms with van der Waals surface area (Å²) >= 11 is 2.19. The van der Waals surface area contributed by atoms with E-state index >= 15 is 0 Å². The van der Waals surface area contributed by atoms with Crippen molar-refractivity contribution in [2.24, 2.45) is 5.73 Å². The highest BCUT2D eigenvalue weighted by Crippen LogP contribution is 2.14. The van der Waals surface area contributed by atoms with Gasteiger partial charge in [0.15, 0.2) is 9.84 Å². The van der Waals surface area contributed by atoms with E-state index in [0.29, 0.717) is 13.0 Å². The van der Waals surface area contributed by atoms with Crippen molar-refractivity contribution in [2.45, 2.75) is 24.3 Å². The Balaban J connectivity index is 2.76. The quantitative estimate of drug-likeness (QED) is 0.823. The number of hydrogen-bond donors (Lipinski definition) is 1. The highest BCUT2D eigenvalue weighted by molar-refractivity contribution is 14.1. The van der Waals surface area contributed by atoms with Gasteiger partial charge >= 0.3 is 0 Å². The topological polar surface area (TPSA) is 60.2 Å². The van der Waals surface area contributed by atoms with Gasteiger partial charge in [-0.2, -0.15) is 0 Å². The van der Waals surface area contributed by atoms with Gasteiger partial charge in [-0.05, 0) is 60.2 Å². The lowest BCUT2D eigenvalue weighted by Gasteiger charge is -2.11. The minimum atomic E-state index is -3.07. The van der Waals surface area contributed by atoms with Gasteiger partial charge in [-0.15, -0.1) is 0 Å². The van der Waals surface area contributed by atoms with Crippen molar-refractivity contribution in [3.05, 3.63) is 33.4 Å². The highest BCUT2D eigenvalue weighted by atomic mass is 127. The third kappa shape index (κ3) is 4.03. The summed E-state index contributed by atoms with van der Waals surface area (Å²) in [5.74, 6) is 0.102. The molecule has 1 rings (SSSR count). The predicted octanol–water partition coefficient (Wildman–Crippen LogP) is 1.94. The van der Waals surface area contributed by atoms with Gasteiger partial charge in [0.1, 0.15) is 0 Å². The maximum Gasteiger partial charge on any atom is 0.157 e. The van der Waals surface area contributed by atoms with Crippen LogP contribution in [0.3, 0.4) is 0 Å². The van der Waals surface area contributed by atoms with Crippen molar-refractivity contribution >= 4 is 32.4 Å². The van der Waals surface area contributed by atoms with E-state index in [4.69, 9.17) is 5.73 Å². The number of rotatable bonds is 5. The molecule has 0 aromatic heterocycles. The molecule has 0 aliphatic rings. The number of benzene rings is 1. The van der Waals surface area contributed by atoms with Crippen LogP contribution in [0, 0.1) is 3.57 Å². The molecular weight excluding hydrogens is 337 g/mol. The van der Waals surface area contributed by atoms with Crippen molar-refractivity contribution in [2.75, 3.05) is 6.54 Å². The third-order valence-electron chi connectivity index (χ3n) is 2.47. The molecule has 1 aromatic carbocycles. The lowest BCUT2D eigenvalue weighted by Crippen LogP contribution is -2.22. The van der Waals surface area contributed by atoms with Gasteiger partial charge in [-0.1, -0.05) is 12.1 Å². The minimum Gasteiger partial charge on any atom is -0.330 e. The van der Waals surface area contributed by atoms with Gasteiger partial charge in [-0.3, -0.25) is 0 Å². The lowest BCUT2D eigenvalue weighted by atomic mass is 10.2. The molecule has 5 heteroatoms. The average Bonchev–Trinajstić information content (AvgIpc) is 2.21. The van der Waals surface area contributed by atoms with Crippen LogP contribution < -0.4 is 5.73 Å². The van der Waals surface area contributed by atoms with Gasteiger partial charge in [0.05, 0.1) is 11.0 Å². The Kier molecular flexibility index (Phi) is 5.20. The van der Waals surface area contributed by atoms with E-state index in [9.17, 15) is 8.42 Å². The minimum absolute atomic E-state index is 0.102. The standard InChI is InChI=1S/C11H16INO2S/c1-9(6-7-13)16(14,15)8-10-2-4-11(12)5-3-10/h2-5,9H,6-8,13H2,1H3. The van der Waals surface area contributed by atoms with Gasteiger partial charge in [-0.25, -0.2) is 8.42 Å². The van der Waals surface area contributed by atoms with Crippen LogP contribution in [0.15, 0.2) is 24.3 Å². The Morgan fingerprint density at radius 2 is 1.88 bits per heavy atom. The van der Waals surface area contributed by atoms with Crippen LogP contribution in [0.25, 0.3) is 0 Å². The zero-order valence-electron chi connectivity index (χ0n) is 9.19. The normalized spacial score (nSPS) is 13.7. The fourth-order valence-electron chi connectivity index (χ4n) is 1.37. The molecule has 16 heavy (non-hydrogen) atoms. The summed E-state index contributed by atoms with van der Waals surface area (Å²) in [7, 11) is -3.07. The zero-order valence-corrected chi connectivity index (χ0v) is 12.2. The zero-order chi connectivity index (χ0) is 12.2. The second-order valence-electron chi connectivity index (χ2n) is 3.82. The van der Waals surface area contributed by atoms with Gasteiger partial charge in [0.2, 0.25) is 0 Å². The monoisotopic (exact) mass is 353 g/mol. The molecule has 0 radical (unpaired) electrons. The Bertz CT molecular complexity index is 428. The molecule has 1 aromatic rings.